The maximum absolute atomic E-state index is 6.92. The van der Waals surface area contributed by atoms with E-state index in [0.717, 1.165) is 19.8 Å². The third-order valence-corrected chi connectivity index (χ3v) is 12.9. The topological polar surface area (TPSA) is 18.5 Å². The summed E-state index contributed by atoms with van der Waals surface area (Å²) in [7, 11) is -1.67. The van der Waals surface area contributed by atoms with E-state index in [1.54, 1.807) is 0 Å². The van der Waals surface area contributed by atoms with Crippen molar-refractivity contribution in [1.82, 2.24) is 0 Å². The van der Waals surface area contributed by atoms with Crippen molar-refractivity contribution in [3.8, 4) is 0 Å². The van der Waals surface area contributed by atoms with Crippen LogP contribution in [0.1, 0.15) is 182 Å². The van der Waals surface area contributed by atoms with E-state index in [4.69, 9.17) is 9.16 Å². The van der Waals surface area contributed by atoms with E-state index in [-0.39, 0.29) is 0 Å². The van der Waals surface area contributed by atoms with Crippen LogP contribution >= 0.6 is 0 Å². The fraction of sp³-hybridized carbons (Fsp3) is 1.00. The Balaban J connectivity index is 4.68. The van der Waals surface area contributed by atoms with Crippen molar-refractivity contribution >= 4 is 8.32 Å². The first kappa shape index (κ1) is 37.1. The quantitative estimate of drug-likeness (QED) is 0.0623. The molecule has 0 aliphatic rings. The normalized spacial score (nSPS) is 12.0. The van der Waals surface area contributed by atoms with Crippen LogP contribution < -0.4 is 0 Å². The van der Waals surface area contributed by atoms with Crippen molar-refractivity contribution in [1.29, 1.82) is 0 Å². The highest BCUT2D eigenvalue weighted by Crippen LogP contribution is 2.31. The number of hydrogen-bond donors (Lipinski definition) is 0. The molecule has 0 amide bonds. The molecule has 0 bridgehead atoms. The summed E-state index contributed by atoms with van der Waals surface area (Å²) in [6, 6.07) is 4.21. The van der Waals surface area contributed by atoms with Gasteiger partial charge in [0.1, 0.15) is 0 Å². The first-order chi connectivity index (χ1) is 18.2. The van der Waals surface area contributed by atoms with Crippen molar-refractivity contribution in [2.75, 3.05) is 19.8 Å². The first-order valence-electron chi connectivity index (χ1n) is 17.5. The standard InChI is InChI=1S/C34H72O2Si/c1-5-9-12-15-18-21-24-27-32-37(36-31-30-35-8-4,33-28-25-22-19-16-13-10-6-2)34-29-26-23-20-17-14-11-7-3/h5-34H2,1-4H3. The van der Waals surface area contributed by atoms with Crippen molar-refractivity contribution < 1.29 is 9.16 Å². The van der Waals surface area contributed by atoms with E-state index in [1.807, 2.05) is 0 Å². The van der Waals surface area contributed by atoms with Crippen LogP contribution in [-0.4, -0.2) is 28.1 Å². The van der Waals surface area contributed by atoms with Crippen molar-refractivity contribution in [3.63, 3.8) is 0 Å². The Morgan fingerprint density at radius 2 is 0.649 bits per heavy atom. The van der Waals surface area contributed by atoms with Crippen LogP contribution in [0.2, 0.25) is 18.1 Å². The van der Waals surface area contributed by atoms with Crippen molar-refractivity contribution in [2.45, 2.75) is 200 Å². The largest absolute Gasteiger partial charge is 0.414 e. The summed E-state index contributed by atoms with van der Waals surface area (Å²) in [6.45, 7) is 11.5. The van der Waals surface area contributed by atoms with E-state index in [1.165, 1.54) is 172 Å². The molecule has 37 heavy (non-hydrogen) atoms. The molecule has 0 aliphatic carbocycles. The Hall–Kier alpha value is 0.137. The molecule has 0 unspecified atom stereocenters. The van der Waals surface area contributed by atoms with Crippen LogP contribution in [0.5, 0.6) is 0 Å². The minimum atomic E-state index is -1.67. The van der Waals surface area contributed by atoms with E-state index in [0.29, 0.717) is 0 Å². The molecule has 0 spiro atoms. The number of ether oxygens (including phenoxy) is 1. The molecule has 0 fully saturated rings. The molecule has 0 saturated carbocycles. The summed E-state index contributed by atoms with van der Waals surface area (Å²) in [5, 5.41) is 0. The Bertz CT molecular complexity index is 364. The molecule has 2 nitrogen and oxygen atoms in total. The van der Waals surface area contributed by atoms with Gasteiger partial charge in [0.2, 0.25) is 0 Å². The van der Waals surface area contributed by atoms with Crippen LogP contribution in [0.3, 0.4) is 0 Å². The summed E-state index contributed by atoms with van der Waals surface area (Å²) < 4.78 is 12.6. The highest BCUT2D eigenvalue weighted by atomic mass is 28.4. The molecule has 0 N–H and O–H groups in total. The lowest BCUT2D eigenvalue weighted by Gasteiger charge is -2.32. The molecule has 3 heteroatoms. The molecular weight excluding hydrogens is 468 g/mol. The van der Waals surface area contributed by atoms with Gasteiger partial charge in [0, 0.05) is 6.61 Å². The van der Waals surface area contributed by atoms with Gasteiger partial charge in [-0.25, -0.2) is 0 Å². The van der Waals surface area contributed by atoms with Crippen LogP contribution in [0.4, 0.5) is 0 Å². The molecule has 0 aromatic carbocycles. The SMILES string of the molecule is CCCCCCCCCC[Si](CCCCCCCCCC)(CCCCCCCCCC)OCCOCC. The molecule has 224 valence electrons. The fourth-order valence-corrected chi connectivity index (χ4v) is 10.2. The van der Waals surface area contributed by atoms with Crippen molar-refractivity contribution in [2.24, 2.45) is 0 Å². The lowest BCUT2D eigenvalue weighted by atomic mass is 10.1. The second-order valence-electron chi connectivity index (χ2n) is 11.9. The maximum Gasteiger partial charge on any atom is 0.192 e. The van der Waals surface area contributed by atoms with Crippen LogP contribution in [-0.2, 0) is 9.16 Å². The highest BCUT2D eigenvalue weighted by Gasteiger charge is 2.33. The van der Waals surface area contributed by atoms with Gasteiger partial charge in [-0.1, -0.05) is 175 Å². The molecule has 0 heterocycles. The molecule has 0 aromatic heterocycles. The van der Waals surface area contributed by atoms with Gasteiger partial charge >= 0.3 is 0 Å². The molecule has 0 atom stereocenters. The lowest BCUT2D eigenvalue weighted by Crippen LogP contribution is -2.39. The third kappa shape index (κ3) is 26.1. The predicted octanol–water partition coefficient (Wildman–Crippen LogP) is 12.4. The van der Waals surface area contributed by atoms with E-state index in [9.17, 15) is 0 Å². The zero-order valence-corrected chi connectivity index (χ0v) is 27.5. The molecule has 0 radical (unpaired) electrons. The lowest BCUT2D eigenvalue weighted by molar-refractivity contribution is 0.105. The number of unbranched alkanes of at least 4 members (excludes halogenated alkanes) is 21. The smallest absolute Gasteiger partial charge is 0.192 e. The van der Waals surface area contributed by atoms with Gasteiger partial charge in [0.15, 0.2) is 8.32 Å². The van der Waals surface area contributed by atoms with Gasteiger partial charge in [-0.15, -0.1) is 0 Å². The van der Waals surface area contributed by atoms with Gasteiger partial charge in [-0.05, 0) is 25.1 Å². The zero-order chi connectivity index (χ0) is 27.1. The maximum atomic E-state index is 6.92. The molecule has 0 rings (SSSR count). The average molecular weight is 541 g/mol. The summed E-state index contributed by atoms with van der Waals surface area (Å²) >= 11 is 0. The number of hydrogen-bond acceptors (Lipinski definition) is 2. The Morgan fingerprint density at radius 1 is 0.351 bits per heavy atom. The summed E-state index contributed by atoms with van der Waals surface area (Å²) in [4.78, 5) is 0. The first-order valence-corrected chi connectivity index (χ1v) is 20.0. The fourth-order valence-electron chi connectivity index (χ4n) is 5.80. The van der Waals surface area contributed by atoms with Gasteiger partial charge in [0.05, 0.1) is 13.2 Å². The molecular formula is C34H72O2Si. The minimum Gasteiger partial charge on any atom is -0.414 e. The zero-order valence-electron chi connectivity index (χ0n) is 26.5. The Labute approximate surface area is 237 Å². The Morgan fingerprint density at radius 3 is 0.946 bits per heavy atom. The monoisotopic (exact) mass is 541 g/mol. The van der Waals surface area contributed by atoms with Gasteiger partial charge in [0.25, 0.3) is 0 Å². The van der Waals surface area contributed by atoms with E-state index in [2.05, 4.69) is 27.7 Å². The second kappa shape index (κ2) is 30.7. The third-order valence-electron chi connectivity index (χ3n) is 8.30. The van der Waals surface area contributed by atoms with Gasteiger partial charge in [-0.3, -0.25) is 0 Å². The second-order valence-corrected chi connectivity index (χ2v) is 16.1. The van der Waals surface area contributed by atoms with E-state index < -0.39 is 8.32 Å². The predicted molar refractivity (Wildman–Crippen MR) is 170 cm³/mol. The average Bonchev–Trinajstić information content (AvgIpc) is 2.91. The van der Waals surface area contributed by atoms with Gasteiger partial charge < -0.3 is 9.16 Å². The minimum absolute atomic E-state index is 0.789. The van der Waals surface area contributed by atoms with Gasteiger partial charge in [-0.2, -0.15) is 0 Å². The molecule has 0 aromatic rings. The Kier molecular flexibility index (Phi) is 30.8. The van der Waals surface area contributed by atoms with Crippen LogP contribution in [0.15, 0.2) is 0 Å². The summed E-state index contributed by atoms with van der Waals surface area (Å²) in [5.74, 6) is 0. The van der Waals surface area contributed by atoms with Crippen LogP contribution in [0, 0.1) is 0 Å². The van der Waals surface area contributed by atoms with Crippen molar-refractivity contribution in [3.05, 3.63) is 0 Å². The highest BCUT2D eigenvalue weighted by molar-refractivity contribution is 6.73. The summed E-state index contributed by atoms with van der Waals surface area (Å²) in [6.07, 6.45) is 34.0. The molecule has 0 aliphatic heterocycles. The summed E-state index contributed by atoms with van der Waals surface area (Å²) in [5.41, 5.74) is 0. The van der Waals surface area contributed by atoms with Crippen LogP contribution in [0.25, 0.3) is 0 Å². The number of rotatable bonds is 32. The molecule has 0 saturated heterocycles. The van der Waals surface area contributed by atoms with E-state index >= 15 is 0 Å².